The first kappa shape index (κ1) is 20.9. The van der Waals surface area contributed by atoms with Crippen molar-refractivity contribution in [3.63, 3.8) is 0 Å². The third-order valence-electron chi connectivity index (χ3n) is 4.67. The number of benzene rings is 1. The first-order valence-corrected chi connectivity index (χ1v) is 10.0. The van der Waals surface area contributed by atoms with E-state index in [9.17, 15) is 14.9 Å². The standard InChI is InChI=1S/C19H17N9O3S/c1-8-7-9(2)23-18-12(8)13(20)15(32-18)19(29)27-17(22)14(16(21)26-27)25-24-10-5-3-4-6-11(10)28(30)31/h3-7H,20,22H2,1-2H3,(H2,21,26). The summed E-state index contributed by atoms with van der Waals surface area (Å²) in [7, 11) is 0. The summed E-state index contributed by atoms with van der Waals surface area (Å²) in [5.41, 5.74) is 19.8. The summed E-state index contributed by atoms with van der Waals surface area (Å²) in [6.45, 7) is 3.74. The summed E-state index contributed by atoms with van der Waals surface area (Å²) in [6, 6.07) is 7.66. The predicted octanol–water partition coefficient (Wildman–Crippen LogP) is 3.87. The fourth-order valence-electron chi connectivity index (χ4n) is 3.23. The number of rotatable bonds is 4. The number of aromatic nitrogens is 3. The Hall–Kier alpha value is -4.39. The van der Waals surface area contributed by atoms with Gasteiger partial charge in [0.2, 0.25) is 0 Å². The van der Waals surface area contributed by atoms with Crippen LogP contribution >= 0.6 is 11.3 Å². The first-order chi connectivity index (χ1) is 15.2. The zero-order chi connectivity index (χ0) is 23.2. The van der Waals surface area contributed by atoms with Gasteiger partial charge in [0.15, 0.2) is 23.0 Å². The van der Waals surface area contributed by atoms with Crippen LogP contribution in [0.3, 0.4) is 0 Å². The molecule has 0 aliphatic rings. The number of carbonyl (C=O) groups excluding carboxylic acids is 1. The van der Waals surface area contributed by atoms with E-state index in [0.717, 1.165) is 27.3 Å². The van der Waals surface area contributed by atoms with Crippen LogP contribution in [-0.2, 0) is 0 Å². The molecule has 1 aromatic carbocycles. The molecule has 0 spiro atoms. The van der Waals surface area contributed by atoms with Crippen molar-refractivity contribution in [3.05, 3.63) is 56.6 Å². The lowest BCUT2D eigenvalue weighted by Crippen LogP contribution is -2.16. The minimum Gasteiger partial charge on any atom is -0.397 e. The van der Waals surface area contributed by atoms with Gasteiger partial charge in [-0.3, -0.25) is 14.9 Å². The van der Waals surface area contributed by atoms with Crippen LogP contribution in [0.15, 0.2) is 40.6 Å². The number of nitro groups is 1. The molecule has 12 nitrogen and oxygen atoms in total. The average Bonchev–Trinajstić information content (AvgIpc) is 3.22. The number of nitro benzene ring substituents is 1. The van der Waals surface area contributed by atoms with E-state index < -0.39 is 10.8 Å². The van der Waals surface area contributed by atoms with Crippen LogP contribution in [0.1, 0.15) is 20.9 Å². The van der Waals surface area contributed by atoms with E-state index in [1.54, 1.807) is 6.07 Å². The molecule has 32 heavy (non-hydrogen) atoms. The number of carbonyl (C=O) groups is 1. The van der Waals surface area contributed by atoms with Crippen LogP contribution in [0.25, 0.3) is 10.2 Å². The van der Waals surface area contributed by atoms with Gasteiger partial charge in [-0.05, 0) is 31.5 Å². The number of pyridine rings is 1. The maximum Gasteiger partial charge on any atom is 0.296 e. The Balaban J connectivity index is 1.75. The second kappa shape index (κ2) is 7.70. The Labute approximate surface area is 184 Å². The predicted molar refractivity (Wildman–Crippen MR) is 122 cm³/mol. The number of hydrogen-bond acceptors (Lipinski definition) is 11. The van der Waals surface area contributed by atoms with E-state index >= 15 is 0 Å². The van der Waals surface area contributed by atoms with Gasteiger partial charge in [-0.15, -0.1) is 26.7 Å². The molecule has 0 unspecified atom stereocenters. The maximum atomic E-state index is 13.1. The Morgan fingerprint density at radius 1 is 1.19 bits per heavy atom. The van der Waals surface area contributed by atoms with Crippen molar-refractivity contribution < 1.29 is 9.72 Å². The number of fused-ring (bicyclic) bond motifs is 1. The smallest absolute Gasteiger partial charge is 0.296 e. The van der Waals surface area contributed by atoms with Crippen LogP contribution in [-0.4, -0.2) is 25.6 Å². The molecule has 0 aliphatic carbocycles. The molecule has 4 aromatic rings. The van der Waals surface area contributed by atoms with Crippen molar-refractivity contribution >= 4 is 61.8 Å². The lowest BCUT2D eigenvalue weighted by Gasteiger charge is -2.02. The Kier molecular flexibility index (Phi) is 5.02. The molecule has 6 N–H and O–H groups in total. The highest BCUT2D eigenvalue weighted by Gasteiger charge is 2.25. The number of thiophene rings is 1. The number of aryl methyl sites for hydroxylation is 2. The van der Waals surface area contributed by atoms with Gasteiger partial charge < -0.3 is 17.2 Å². The molecular weight excluding hydrogens is 434 g/mol. The van der Waals surface area contributed by atoms with Gasteiger partial charge in [0.1, 0.15) is 9.71 Å². The highest BCUT2D eigenvalue weighted by Crippen LogP contribution is 2.38. The summed E-state index contributed by atoms with van der Waals surface area (Å²) in [5.74, 6) is -0.936. The van der Waals surface area contributed by atoms with Gasteiger partial charge in [-0.1, -0.05) is 12.1 Å². The van der Waals surface area contributed by atoms with Gasteiger partial charge in [-0.25, -0.2) is 4.98 Å². The first-order valence-electron chi connectivity index (χ1n) is 9.19. The summed E-state index contributed by atoms with van der Waals surface area (Å²) >= 11 is 1.12. The molecule has 13 heteroatoms. The molecule has 3 heterocycles. The fourth-order valence-corrected chi connectivity index (χ4v) is 4.37. The molecule has 0 saturated carbocycles. The van der Waals surface area contributed by atoms with Crippen molar-refractivity contribution in [2.45, 2.75) is 13.8 Å². The zero-order valence-corrected chi connectivity index (χ0v) is 17.8. The Morgan fingerprint density at radius 2 is 1.91 bits per heavy atom. The summed E-state index contributed by atoms with van der Waals surface area (Å²) in [5, 5.41) is 23.6. The van der Waals surface area contributed by atoms with E-state index in [-0.39, 0.29) is 39.3 Å². The molecule has 0 aliphatic heterocycles. The summed E-state index contributed by atoms with van der Waals surface area (Å²) in [4.78, 5) is 29.0. The van der Waals surface area contributed by atoms with Crippen LogP contribution in [0.5, 0.6) is 0 Å². The third-order valence-corrected chi connectivity index (χ3v) is 5.76. The second-order valence-corrected chi connectivity index (χ2v) is 7.89. The minimum atomic E-state index is -0.598. The Bertz CT molecular complexity index is 1440. The number of para-hydroxylation sites is 1. The molecule has 0 bridgehead atoms. The van der Waals surface area contributed by atoms with Crippen molar-refractivity contribution in [2.24, 2.45) is 10.2 Å². The molecule has 0 atom stereocenters. The molecule has 0 fully saturated rings. The molecule has 4 rings (SSSR count). The van der Waals surface area contributed by atoms with E-state index in [0.29, 0.717) is 10.2 Å². The number of anilines is 3. The normalized spacial score (nSPS) is 11.4. The summed E-state index contributed by atoms with van der Waals surface area (Å²) < 4.78 is 0.881. The van der Waals surface area contributed by atoms with Crippen molar-refractivity contribution in [2.75, 3.05) is 17.2 Å². The molecule has 0 amide bonds. The Morgan fingerprint density at radius 3 is 2.62 bits per heavy atom. The lowest BCUT2D eigenvalue weighted by atomic mass is 10.1. The summed E-state index contributed by atoms with van der Waals surface area (Å²) in [6.07, 6.45) is 0. The fraction of sp³-hybridized carbons (Fsp3) is 0.105. The maximum absolute atomic E-state index is 13.1. The molecular formula is C19H17N9O3S. The average molecular weight is 451 g/mol. The molecule has 0 radical (unpaired) electrons. The number of azo groups is 1. The monoisotopic (exact) mass is 451 g/mol. The quantitative estimate of drug-likeness (QED) is 0.236. The number of nitrogen functional groups attached to an aromatic ring is 3. The highest BCUT2D eigenvalue weighted by atomic mass is 32.1. The van der Waals surface area contributed by atoms with Crippen molar-refractivity contribution in [1.29, 1.82) is 0 Å². The zero-order valence-electron chi connectivity index (χ0n) is 16.9. The van der Waals surface area contributed by atoms with E-state index in [1.807, 2.05) is 19.9 Å². The lowest BCUT2D eigenvalue weighted by molar-refractivity contribution is -0.384. The van der Waals surface area contributed by atoms with Gasteiger partial charge in [-0.2, -0.15) is 4.68 Å². The van der Waals surface area contributed by atoms with Crippen molar-refractivity contribution in [3.8, 4) is 0 Å². The molecule has 0 saturated heterocycles. The number of nitrogens with two attached hydrogens (primary N) is 3. The van der Waals surface area contributed by atoms with Crippen molar-refractivity contribution in [1.82, 2.24) is 14.8 Å². The van der Waals surface area contributed by atoms with Crippen LogP contribution < -0.4 is 17.2 Å². The molecule has 162 valence electrons. The van der Waals surface area contributed by atoms with Crippen LogP contribution in [0.4, 0.5) is 34.4 Å². The minimum absolute atomic E-state index is 0.000969. The van der Waals surface area contributed by atoms with Gasteiger partial charge in [0.25, 0.3) is 11.6 Å². The SMILES string of the molecule is Cc1cc(C)c2c(N)c(C(=O)n3nc(N)c(N=Nc4ccccc4[N+](=O)[O-])c3N)sc2n1. The topological polar surface area (TPSA) is 194 Å². The van der Waals surface area contributed by atoms with E-state index in [1.165, 1.54) is 18.2 Å². The second-order valence-electron chi connectivity index (χ2n) is 6.89. The highest BCUT2D eigenvalue weighted by molar-refractivity contribution is 7.21. The van der Waals surface area contributed by atoms with Gasteiger partial charge in [0, 0.05) is 17.1 Å². The number of hydrogen-bond donors (Lipinski definition) is 3. The largest absolute Gasteiger partial charge is 0.397 e. The van der Waals surface area contributed by atoms with E-state index in [4.69, 9.17) is 17.2 Å². The van der Waals surface area contributed by atoms with Crippen LogP contribution in [0, 0.1) is 24.0 Å². The van der Waals surface area contributed by atoms with E-state index in [2.05, 4.69) is 20.3 Å². The van der Waals surface area contributed by atoms with Gasteiger partial charge >= 0.3 is 0 Å². The molecule has 3 aromatic heterocycles. The number of nitrogens with zero attached hydrogens (tertiary/aromatic N) is 6. The van der Waals surface area contributed by atoms with Gasteiger partial charge in [0.05, 0.1) is 10.6 Å². The van der Waals surface area contributed by atoms with Crippen LogP contribution in [0.2, 0.25) is 0 Å². The third kappa shape index (κ3) is 3.39.